The van der Waals surface area contributed by atoms with Gasteiger partial charge in [-0.15, -0.1) is 5.10 Å². The van der Waals surface area contributed by atoms with Crippen LogP contribution in [0, 0.1) is 18.7 Å². The van der Waals surface area contributed by atoms with Crippen molar-refractivity contribution in [1.82, 2.24) is 30.1 Å². The molecule has 0 aliphatic heterocycles. The second-order valence-corrected chi connectivity index (χ2v) is 7.34. The fourth-order valence-electron chi connectivity index (χ4n) is 3.05. The standard InChI is InChI=1S/C21H18F2N8O4/c1-10-7-26-35-17(10)20(32)27-13-4-5-15(24-9-13)16-19(31(3)30-29-16)28-21(33)34-11(2)14-6-12(22)8-25-18(14)23/h4-9,11H,1-3H3,(H,27,32)(H,28,33)/t11-/m1/s1. The van der Waals surface area contributed by atoms with Gasteiger partial charge in [0, 0.05) is 12.6 Å². The minimum atomic E-state index is -1.13. The summed E-state index contributed by atoms with van der Waals surface area (Å²) >= 11 is 0. The molecule has 180 valence electrons. The highest BCUT2D eigenvalue weighted by molar-refractivity contribution is 6.03. The first kappa shape index (κ1) is 23.4. The molecule has 0 saturated carbocycles. The van der Waals surface area contributed by atoms with Gasteiger partial charge in [-0.1, -0.05) is 10.4 Å². The molecule has 2 N–H and O–H groups in total. The van der Waals surface area contributed by atoms with Crippen LogP contribution in [0.25, 0.3) is 11.4 Å². The van der Waals surface area contributed by atoms with Crippen LogP contribution < -0.4 is 10.6 Å². The van der Waals surface area contributed by atoms with Gasteiger partial charge < -0.3 is 14.6 Å². The smallest absolute Gasteiger partial charge is 0.413 e. The molecule has 0 unspecified atom stereocenters. The summed E-state index contributed by atoms with van der Waals surface area (Å²) < 4.78 is 38.6. The fraction of sp³-hybridized carbons (Fsp3) is 0.190. The van der Waals surface area contributed by atoms with Gasteiger partial charge in [0.2, 0.25) is 11.7 Å². The van der Waals surface area contributed by atoms with Crippen molar-refractivity contribution in [3.8, 4) is 11.4 Å². The molecule has 14 heteroatoms. The number of halogens is 2. The van der Waals surface area contributed by atoms with E-state index in [-0.39, 0.29) is 22.8 Å². The summed E-state index contributed by atoms with van der Waals surface area (Å²) in [5.41, 5.74) is 1.28. The van der Waals surface area contributed by atoms with Crippen molar-refractivity contribution >= 4 is 23.5 Å². The summed E-state index contributed by atoms with van der Waals surface area (Å²) in [5.74, 6) is -1.99. The van der Waals surface area contributed by atoms with Crippen LogP contribution in [0.1, 0.15) is 34.7 Å². The first-order valence-corrected chi connectivity index (χ1v) is 10.1. The molecule has 0 fully saturated rings. The van der Waals surface area contributed by atoms with E-state index in [4.69, 9.17) is 9.26 Å². The van der Waals surface area contributed by atoms with E-state index in [1.807, 2.05) is 0 Å². The number of aryl methyl sites for hydroxylation is 2. The average Bonchev–Trinajstić information content (AvgIpc) is 3.41. The van der Waals surface area contributed by atoms with Crippen molar-refractivity contribution < 1.29 is 27.6 Å². The second kappa shape index (κ2) is 9.62. The molecule has 0 bridgehead atoms. The van der Waals surface area contributed by atoms with E-state index in [1.165, 1.54) is 31.0 Å². The van der Waals surface area contributed by atoms with Crippen LogP contribution in [0.15, 0.2) is 41.3 Å². The Morgan fingerprint density at radius 1 is 1.14 bits per heavy atom. The number of ether oxygens (including phenoxy) is 1. The third-order valence-electron chi connectivity index (χ3n) is 4.82. The van der Waals surface area contributed by atoms with E-state index in [1.54, 1.807) is 19.1 Å². The van der Waals surface area contributed by atoms with Crippen LogP contribution >= 0.6 is 0 Å². The summed E-state index contributed by atoms with van der Waals surface area (Å²) in [6, 6.07) is 4.02. The SMILES string of the molecule is Cc1cnoc1C(=O)Nc1ccc(-c2nnn(C)c2NC(=O)O[C@H](C)c2cc(F)cnc2F)nc1. The van der Waals surface area contributed by atoms with E-state index in [2.05, 4.69) is 36.1 Å². The Morgan fingerprint density at radius 2 is 1.94 bits per heavy atom. The Bertz CT molecular complexity index is 1390. The zero-order valence-electron chi connectivity index (χ0n) is 18.6. The number of nitrogens with zero attached hydrogens (tertiary/aromatic N) is 6. The molecule has 0 aliphatic carbocycles. The monoisotopic (exact) mass is 484 g/mol. The highest BCUT2D eigenvalue weighted by atomic mass is 19.1. The number of nitrogens with one attached hydrogen (secondary N) is 2. The van der Waals surface area contributed by atoms with Crippen LogP contribution in [0.2, 0.25) is 0 Å². The number of carbonyl (C=O) groups excluding carboxylic acids is 2. The van der Waals surface area contributed by atoms with Gasteiger partial charge in [-0.2, -0.15) is 4.39 Å². The molecular weight excluding hydrogens is 466 g/mol. The van der Waals surface area contributed by atoms with Gasteiger partial charge in [0.15, 0.2) is 11.5 Å². The lowest BCUT2D eigenvalue weighted by Gasteiger charge is -2.15. The Kier molecular flexibility index (Phi) is 6.44. The first-order chi connectivity index (χ1) is 16.7. The van der Waals surface area contributed by atoms with E-state index >= 15 is 0 Å². The summed E-state index contributed by atoms with van der Waals surface area (Å²) in [6.45, 7) is 3.06. The maximum atomic E-state index is 13.9. The third-order valence-corrected chi connectivity index (χ3v) is 4.82. The Balaban J connectivity index is 1.46. The van der Waals surface area contributed by atoms with Gasteiger partial charge in [0.05, 0.1) is 35.5 Å². The van der Waals surface area contributed by atoms with Gasteiger partial charge in [0.25, 0.3) is 5.91 Å². The van der Waals surface area contributed by atoms with E-state index in [9.17, 15) is 18.4 Å². The molecule has 4 aromatic heterocycles. The highest BCUT2D eigenvalue weighted by Gasteiger charge is 2.22. The average molecular weight is 484 g/mol. The normalized spacial score (nSPS) is 11.7. The zero-order chi connectivity index (χ0) is 25.1. The molecule has 0 saturated heterocycles. The maximum absolute atomic E-state index is 13.9. The second-order valence-electron chi connectivity index (χ2n) is 7.34. The predicted molar refractivity (Wildman–Crippen MR) is 116 cm³/mol. The minimum absolute atomic E-state index is 0.0798. The molecule has 12 nitrogen and oxygen atoms in total. The molecule has 1 atom stereocenters. The van der Waals surface area contributed by atoms with Crippen molar-refractivity contribution in [3.63, 3.8) is 0 Å². The van der Waals surface area contributed by atoms with Gasteiger partial charge in [-0.05, 0) is 32.0 Å². The number of aromatic nitrogens is 6. The van der Waals surface area contributed by atoms with Crippen molar-refractivity contribution in [2.24, 2.45) is 7.05 Å². The number of carbonyl (C=O) groups is 2. The van der Waals surface area contributed by atoms with Gasteiger partial charge in [0.1, 0.15) is 11.9 Å². The molecule has 4 aromatic rings. The molecule has 35 heavy (non-hydrogen) atoms. The van der Waals surface area contributed by atoms with E-state index in [0.717, 1.165) is 12.3 Å². The molecule has 0 aliphatic rings. The lowest BCUT2D eigenvalue weighted by molar-refractivity contribution is 0.0986. The maximum Gasteiger partial charge on any atom is 0.413 e. The van der Waals surface area contributed by atoms with Crippen LogP contribution in [0.5, 0.6) is 0 Å². The van der Waals surface area contributed by atoms with Crippen molar-refractivity contribution in [2.75, 3.05) is 10.6 Å². The number of hydrogen-bond donors (Lipinski definition) is 2. The van der Waals surface area contributed by atoms with Crippen molar-refractivity contribution in [3.05, 3.63) is 65.4 Å². The summed E-state index contributed by atoms with van der Waals surface area (Å²) in [4.78, 5) is 32.2. The Morgan fingerprint density at radius 3 is 2.63 bits per heavy atom. The van der Waals surface area contributed by atoms with Gasteiger partial charge in [-0.25, -0.2) is 18.9 Å². The molecule has 0 spiro atoms. The Labute approximate surface area is 196 Å². The summed E-state index contributed by atoms with van der Waals surface area (Å²) in [5, 5.41) is 16.5. The predicted octanol–water partition coefficient (Wildman–Crippen LogP) is 3.41. The summed E-state index contributed by atoms with van der Waals surface area (Å²) in [7, 11) is 1.53. The number of rotatable bonds is 6. The lowest BCUT2D eigenvalue weighted by atomic mass is 10.2. The van der Waals surface area contributed by atoms with Crippen molar-refractivity contribution in [1.29, 1.82) is 0 Å². The number of amides is 2. The lowest BCUT2D eigenvalue weighted by Crippen LogP contribution is -2.19. The minimum Gasteiger partial charge on any atom is -0.441 e. The zero-order valence-corrected chi connectivity index (χ0v) is 18.6. The molecule has 4 rings (SSSR count). The van der Waals surface area contributed by atoms with Crippen LogP contribution in [0.4, 0.5) is 25.1 Å². The van der Waals surface area contributed by atoms with Crippen LogP contribution in [-0.4, -0.2) is 42.1 Å². The van der Waals surface area contributed by atoms with Crippen LogP contribution in [0.3, 0.4) is 0 Å². The molecule has 0 aromatic carbocycles. The third kappa shape index (κ3) is 5.10. The van der Waals surface area contributed by atoms with Gasteiger partial charge in [-0.3, -0.25) is 15.1 Å². The fourth-order valence-corrected chi connectivity index (χ4v) is 3.05. The summed E-state index contributed by atoms with van der Waals surface area (Å²) in [6.07, 6.45) is 1.45. The number of pyridine rings is 2. The quantitative estimate of drug-likeness (QED) is 0.392. The largest absolute Gasteiger partial charge is 0.441 e. The molecule has 0 radical (unpaired) electrons. The van der Waals surface area contributed by atoms with E-state index < -0.39 is 29.9 Å². The Hall–Kier alpha value is -4.75. The van der Waals surface area contributed by atoms with Crippen LogP contribution in [-0.2, 0) is 11.8 Å². The highest BCUT2D eigenvalue weighted by Crippen LogP contribution is 2.26. The molecular formula is C21H18F2N8O4. The molecule has 4 heterocycles. The topological polar surface area (TPSA) is 150 Å². The van der Waals surface area contributed by atoms with Gasteiger partial charge >= 0.3 is 6.09 Å². The number of anilines is 2. The first-order valence-electron chi connectivity index (χ1n) is 10.1. The van der Waals surface area contributed by atoms with E-state index in [0.29, 0.717) is 16.9 Å². The number of hydrogen-bond acceptors (Lipinski definition) is 9. The van der Waals surface area contributed by atoms with Crippen molar-refractivity contribution in [2.45, 2.75) is 20.0 Å². The molecule has 2 amide bonds.